The van der Waals surface area contributed by atoms with Crippen molar-refractivity contribution in [3.63, 3.8) is 0 Å². The standard InChI is InChI=1S/C12H13NO5/c1-18-9-3-2-7-6-13(12(16)17)10(11(14)15)5-8(7)4-9/h2-4,10H,5-6H2,1H3,(H,14,15)(H,16,17). The Balaban J connectivity index is 2.37. The van der Waals surface area contributed by atoms with Crippen LogP contribution >= 0.6 is 0 Å². The normalized spacial score (nSPS) is 18.1. The first kappa shape index (κ1) is 12.2. The predicted molar refractivity (Wildman–Crippen MR) is 61.7 cm³/mol. The molecule has 0 fully saturated rings. The number of benzene rings is 1. The summed E-state index contributed by atoms with van der Waals surface area (Å²) in [6, 6.07) is 4.22. The third-order valence-electron chi connectivity index (χ3n) is 3.07. The first-order chi connectivity index (χ1) is 8.52. The van der Waals surface area contributed by atoms with E-state index in [1.165, 1.54) is 7.11 Å². The fraction of sp³-hybridized carbons (Fsp3) is 0.333. The maximum Gasteiger partial charge on any atom is 0.408 e. The summed E-state index contributed by atoms with van der Waals surface area (Å²) in [6.07, 6.45) is -1.06. The second-order valence-electron chi connectivity index (χ2n) is 4.10. The van der Waals surface area contributed by atoms with Crippen LogP contribution in [-0.4, -0.2) is 40.3 Å². The summed E-state index contributed by atoms with van der Waals surface area (Å²) in [5, 5.41) is 18.1. The molecule has 0 aromatic heterocycles. The second-order valence-corrected chi connectivity index (χ2v) is 4.10. The van der Waals surface area contributed by atoms with Gasteiger partial charge in [0.15, 0.2) is 0 Å². The minimum absolute atomic E-state index is 0.0889. The van der Waals surface area contributed by atoms with E-state index < -0.39 is 18.1 Å². The minimum atomic E-state index is -1.22. The molecule has 1 aliphatic rings. The molecular weight excluding hydrogens is 238 g/mol. The molecule has 1 amide bonds. The maximum atomic E-state index is 11.1. The topological polar surface area (TPSA) is 87.1 Å². The van der Waals surface area contributed by atoms with Gasteiger partial charge in [-0.3, -0.25) is 4.90 Å². The number of amides is 1. The molecule has 0 aliphatic carbocycles. The van der Waals surface area contributed by atoms with Crippen molar-refractivity contribution in [1.82, 2.24) is 4.90 Å². The molecular formula is C12H13NO5. The number of carbonyl (C=O) groups is 2. The largest absolute Gasteiger partial charge is 0.497 e. The van der Waals surface area contributed by atoms with Crippen molar-refractivity contribution in [2.45, 2.75) is 19.0 Å². The summed E-state index contributed by atoms with van der Waals surface area (Å²) < 4.78 is 5.07. The fourth-order valence-electron chi connectivity index (χ4n) is 2.11. The van der Waals surface area contributed by atoms with E-state index in [9.17, 15) is 9.59 Å². The third-order valence-corrected chi connectivity index (χ3v) is 3.07. The number of hydrogen-bond acceptors (Lipinski definition) is 3. The number of aliphatic carboxylic acids is 1. The fourth-order valence-corrected chi connectivity index (χ4v) is 2.11. The van der Waals surface area contributed by atoms with E-state index in [2.05, 4.69) is 0 Å². The van der Waals surface area contributed by atoms with Gasteiger partial charge in [-0.2, -0.15) is 0 Å². The average molecular weight is 251 g/mol. The van der Waals surface area contributed by atoms with Crippen molar-refractivity contribution in [2.24, 2.45) is 0 Å². The first-order valence-electron chi connectivity index (χ1n) is 5.41. The van der Waals surface area contributed by atoms with Crippen LogP contribution in [0.4, 0.5) is 4.79 Å². The lowest BCUT2D eigenvalue weighted by molar-refractivity contribution is -0.143. The molecule has 1 heterocycles. The number of carboxylic acid groups (broad SMARTS) is 2. The van der Waals surface area contributed by atoms with E-state index >= 15 is 0 Å². The summed E-state index contributed by atoms with van der Waals surface area (Å²) in [6.45, 7) is 0.0889. The number of carboxylic acids is 1. The molecule has 18 heavy (non-hydrogen) atoms. The van der Waals surface area contributed by atoms with Gasteiger partial charge in [-0.25, -0.2) is 9.59 Å². The Morgan fingerprint density at radius 3 is 2.61 bits per heavy atom. The zero-order valence-corrected chi connectivity index (χ0v) is 9.79. The lowest BCUT2D eigenvalue weighted by Gasteiger charge is -2.32. The lowest BCUT2D eigenvalue weighted by Crippen LogP contribution is -2.48. The van der Waals surface area contributed by atoms with E-state index in [1.807, 2.05) is 0 Å². The van der Waals surface area contributed by atoms with Crippen LogP contribution in [0, 0.1) is 0 Å². The molecule has 1 aromatic rings. The van der Waals surface area contributed by atoms with E-state index in [0.717, 1.165) is 16.0 Å². The Kier molecular flexibility index (Phi) is 3.10. The van der Waals surface area contributed by atoms with Gasteiger partial charge in [0.1, 0.15) is 11.8 Å². The molecule has 0 saturated heterocycles. The van der Waals surface area contributed by atoms with Crippen LogP contribution in [0.15, 0.2) is 18.2 Å². The molecule has 96 valence electrons. The second kappa shape index (κ2) is 4.56. The molecule has 0 radical (unpaired) electrons. The molecule has 0 bridgehead atoms. The highest BCUT2D eigenvalue weighted by Gasteiger charge is 2.34. The Morgan fingerprint density at radius 2 is 2.06 bits per heavy atom. The quantitative estimate of drug-likeness (QED) is 0.824. The summed E-state index contributed by atoms with van der Waals surface area (Å²) in [4.78, 5) is 23.1. The lowest BCUT2D eigenvalue weighted by atomic mass is 9.94. The summed E-state index contributed by atoms with van der Waals surface area (Å²) in [5.41, 5.74) is 1.63. The van der Waals surface area contributed by atoms with Gasteiger partial charge in [0.25, 0.3) is 0 Å². The van der Waals surface area contributed by atoms with Crippen molar-refractivity contribution >= 4 is 12.1 Å². The van der Waals surface area contributed by atoms with Gasteiger partial charge in [0, 0.05) is 6.42 Å². The number of fused-ring (bicyclic) bond motifs is 1. The number of rotatable bonds is 2. The van der Waals surface area contributed by atoms with Crippen LogP contribution in [-0.2, 0) is 17.8 Å². The molecule has 2 rings (SSSR count). The van der Waals surface area contributed by atoms with Crippen molar-refractivity contribution in [2.75, 3.05) is 7.11 Å². The van der Waals surface area contributed by atoms with E-state index in [1.54, 1.807) is 18.2 Å². The third kappa shape index (κ3) is 2.09. The molecule has 1 aliphatic heterocycles. The number of nitrogens with zero attached hydrogens (tertiary/aromatic N) is 1. The molecule has 6 nitrogen and oxygen atoms in total. The van der Waals surface area contributed by atoms with Crippen LogP contribution in [0.25, 0.3) is 0 Å². The van der Waals surface area contributed by atoms with Gasteiger partial charge in [0.2, 0.25) is 0 Å². The molecule has 0 spiro atoms. The Morgan fingerprint density at radius 1 is 1.33 bits per heavy atom. The molecule has 1 unspecified atom stereocenters. The Hall–Kier alpha value is -2.24. The predicted octanol–water partition coefficient (Wildman–Crippen LogP) is 1.18. The number of methoxy groups -OCH3 is 1. The number of ether oxygens (including phenoxy) is 1. The van der Waals surface area contributed by atoms with Crippen LogP contribution in [0.1, 0.15) is 11.1 Å². The summed E-state index contributed by atoms with van der Waals surface area (Å²) in [7, 11) is 1.53. The van der Waals surface area contributed by atoms with Crippen LogP contribution < -0.4 is 4.74 Å². The highest BCUT2D eigenvalue weighted by molar-refractivity contribution is 5.80. The zero-order chi connectivity index (χ0) is 13.3. The van der Waals surface area contributed by atoms with E-state index in [-0.39, 0.29) is 13.0 Å². The van der Waals surface area contributed by atoms with Gasteiger partial charge in [-0.05, 0) is 23.3 Å². The highest BCUT2D eigenvalue weighted by Crippen LogP contribution is 2.27. The molecule has 1 atom stereocenters. The van der Waals surface area contributed by atoms with Gasteiger partial charge < -0.3 is 14.9 Å². The average Bonchev–Trinajstić information content (AvgIpc) is 2.36. The van der Waals surface area contributed by atoms with Gasteiger partial charge in [-0.15, -0.1) is 0 Å². The van der Waals surface area contributed by atoms with Crippen molar-refractivity contribution in [3.05, 3.63) is 29.3 Å². The van der Waals surface area contributed by atoms with E-state index in [4.69, 9.17) is 14.9 Å². The van der Waals surface area contributed by atoms with Gasteiger partial charge >= 0.3 is 12.1 Å². The van der Waals surface area contributed by atoms with Crippen LogP contribution in [0.3, 0.4) is 0 Å². The molecule has 2 N–H and O–H groups in total. The molecule has 1 aromatic carbocycles. The summed E-state index contributed by atoms with van der Waals surface area (Å²) >= 11 is 0. The zero-order valence-electron chi connectivity index (χ0n) is 9.79. The SMILES string of the molecule is COc1ccc2c(c1)CC(C(=O)O)N(C(=O)O)C2. The number of hydrogen-bond donors (Lipinski definition) is 2. The highest BCUT2D eigenvalue weighted by atomic mass is 16.5. The maximum absolute atomic E-state index is 11.1. The smallest absolute Gasteiger partial charge is 0.408 e. The van der Waals surface area contributed by atoms with Crippen LogP contribution in [0.5, 0.6) is 5.75 Å². The first-order valence-corrected chi connectivity index (χ1v) is 5.41. The molecule has 6 heteroatoms. The molecule has 0 saturated carbocycles. The Bertz CT molecular complexity index is 499. The Labute approximate surface area is 103 Å². The van der Waals surface area contributed by atoms with Crippen molar-refractivity contribution < 1.29 is 24.5 Å². The summed E-state index contributed by atoms with van der Waals surface area (Å²) in [5.74, 6) is -0.493. The van der Waals surface area contributed by atoms with Crippen LogP contribution in [0.2, 0.25) is 0 Å². The van der Waals surface area contributed by atoms with Crippen molar-refractivity contribution in [3.8, 4) is 5.75 Å². The van der Waals surface area contributed by atoms with Crippen molar-refractivity contribution in [1.29, 1.82) is 0 Å². The van der Waals surface area contributed by atoms with E-state index in [0.29, 0.717) is 5.75 Å². The van der Waals surface area contributed by atoms with Gasteiger partial charge in [-0.1, -0.05) is 6.07 Å². The minimum Gasteiger partial charge on any atom is -0.497 e. The van der Waals surface area contributed by atoms with Gasteiger partial charge in [0.05, 0.1) is 13.7 Å². The monoisotopic (exact) mass is 251 g/mol.